The van der Waals surface area contributed by atoms with Gasteiger partial charge in [0.15, 0.2) is 17.4 Å². The van der Waals surface area contributed by atoms with E-state index in [4.69, 9.17) is 15.6 Å². The van der Waals surface area contributed by atoms with Gasteiger partial charge in [-0.25, -0.2) is 4.98 Å². The summed E-state index contributed by atoms with van der Waals surface area (Å²) in [6.07, 6.45) is -3.20. The molecule has 0 aliphatic carbocycles. The van der Waals surface area contributed by atoms with Gasteiger partial charge in [-0.15, -0.1) is 0 Å². The average molecular weight is 297 g/mol. The third kappa shape index (κ3) is 1.92. The van der Waals surface area contributed by atoms with E-state index in [2.05, 4.69) is 9.97 Å². The molecule has 3 rings (SSSR count). The second-order valence-corrected chi connectivity index (χ2v) is 4.89. The Morgan fingerprint density at radius 3 is 2.76 bits per heavy atom. The molecular weight excluding hydrogens is 282 g/mol. The summed E-state index contributed by atoms with van der Waals surface area (Å²) in [6, 6.07) is 0. The number of anilines is 1. The molecule has 0 radical (unpaired) electrons. The fourth-order valence-electron chi connectivity index (χ4n) is 2.36. The van der Waals surface area contributed by atoms with E-state index in [0.29, 0.717) is 0 Å². The van der Waals surface area contributed by atoms with Crippen molar-refractivity contribution in [3.8, 4) is 0 Å². The molecule has 10 nitrogen and oxygen atoms in total. The monoisotopic (exact) mass is 297 g/mol. The molecule has 1 aliphatic rings. The van der Waals surface area contributed by atoms with Gasteiger partial charge in [-0.1, -0.05) is 0 Å². The highest BCUT2D eigenvalue weighted by molar-refractivity contribution is 5.71. The van der Waals surface area contributed by atoms with Crippen LogP contribution in [0.5, 0.6) is 0 Å². The van der Waals surface area contributed by atoms with Crippen molar-refractivity contribution < 1.29 is 20.1 Å². The molecule has 1 fully saturated rings. The van der Waals surface area contributed by atoms with E-state index in [0.717, 1.165) is 4.57 Å². The average Bonchev–Trinajstić information content (AvgIpc) is 2.99. The smallest absolute Gasteiger partial charge is 0.282 e. The summed E-state index contributed by atoms with van der Waals surface area (Å²) < 4.78 is 7.85. The van der Waals surface area contributed by atoms with Crippen molar-refractivity contribution in [1.29, 1.82) is 0 Å². The zero-order valence-corrected chi connectivity index (χ0v) is 11.1. The van der Waals surface area contributed by atoms with Crippen LogP contribution < -0.4 is 11.3 Å². The summed E-state index contributed by atoms with van der Waals surface area (Å²) in [5, 5.41) is 28.9. The topological polar surface area (TPSA) is 149 Å². The fourth-order valence-corrected chi connectivity index (χ4v) is 2.36. The van der Waals surface area contributed by atoms with Crippen LogP contribution in [0.1, 0.15) is 6.23 Å². The molecule has 0 bridgehead atoms. The van der Waals surface area contributed by atoms with Crippen LogP contribution in [0.2, 0.25) is 0 Å². The number of hydrogen-bond acceptors (Lipinski definition) is 8. The molecule has 0 amide bonds. The number of aliphatic hydroxyl groups excluding tert-OH is 3. The first-order chi connectivity index (χ1) is 9.95. The number of aromatic nitrogens is 4. The highest BCUT2D eigenvalue weighted by atomic mass is 16.6. The second-order valence-electron chi connectivity index (χ2n) is 4.89. The first kappa shape index (κ1) is 13.9. The molecule has 0 spiro atoms. The third-order valence-electron chi connectivity index (χ3n) is 3.63. The van der Waals surface area contributed by atoms with Gasteiger partial charge in [0.1, 0.15) is 18.3 Å². The van der Waals surface area contributed by atoms with E-state index in [9.17, 15) is 15.0 Å². The van der Waals surface area contributed by atoms with Crippen molar-refractivity contribution in [2.45, 2.75) is 24.5 Å². The Labute approximate surface area is 118 Å². The second kappa shape index (κ2) is 4.77. The molecule has 114 valence electrons. The van der Waals surface area contributed by atoms with Crippen LogP contribution in [0.25, 0.3) is 11.2 Å². The van der Waals surface area contributed by atoms with E-state index in [-0.39, 0.29) is 17.1 Å². The van der Waals surface area contributed by atoms with Gasteiger partial charge in [-0.05, 0) is 0 Å². The number of rotatable bonds is 2. The van der Waals surface area contributed by atoms with E-state index in [1.54, 1.807) is 0 Å². The maximum Gasteiger partial charge on any atom is 0.282 e. The molecule has 21 heavy (non-hydrogen) atoms. The zero-order chi connectivity index (χ0) is 15.3. The first-order valence-corrected chi connectivity index (χ1v) is 6.27. The highest BCUT2D eigenvalue weighted by Crippen LogP contribution is 2.30. The van der Waals surface area contributed by atoms with Crippen LogP contribution in [-0.2, 0) is 11.8 Å². The number of imidazole rings is 1. The van der Waals surface area contributed by atoms with Gasteiger partial charge < -0.3 is 25.8 Å². The molecule has 4 atom stereocenters. The SMILES string of the molecule is Cn1c(N)nc2c(ncn2[C@@H]2O[C@H](CO)[C@H](O)[C@H]2O)c1=O. The van der Waals surface area contributed by atoms with Crippen molar-refractivity contribution in [3.63, 3.8) is 0 Å². The molecule has 1 aliphatic heterocycles. The van der Waals surface area contributed by atoms with Crippen molar-refractivity contribution in [1.82, 2.24) is 19.1 Å². The summed E-state index contributed by atoms with van der Waals surface area (Å²) in [4.78, 5) is 20.0. The van der Waals surface area contributed by atoms with Crippen molar-refractivity contribution in [3.05, 3.63) is 16.7 Å². The van der Waals surface area contributed by atoms with E-state index in [1.807, 2.05) is 0 Å². The predicted molar refractivity (Wildman–Crippen MR) is 70.2 cm³/mol. The molecule has 1 saturated heterocycles. The summed E-state index contributed by atoms with van der Waals surface area (Å²) in [5.74, 6) is -0.0130. The predicted octanol–water partition coefficient (Wildman–Crippen LogP) is -2.68. The van der Waals surface area contributed by atoms with E-state index < -0.39 is 36.7 Å². The Morgan fingerprint density at radius 2 is 2.14 bits per heavy atom. The van der Waals surface area contributed by atoms with Crippen molar-refractivity contribution >= 4 is 17.1 Å². The van der Waals surface area contributed by atoms with Crippen molar-refractivity contribution in [2.75, 3.05) is 12.3 Å². The normalized spacial score (nSPS) is 29.3. The molecule has 3 heterocycles. The third-order valence-corrected chi connectivity index (χ3v) is 3.63. The maximum absolute atomic E-state index is 12.0. The highest BCUT2D eigenvalue weighted by Gasteiger charge is 2.44. The summed E-state index contributed by atoms with van der Waals surface area (Å²) in [5.41, 5.74) is 5.44. The summed E-state index contributed by atoms with van der Waals surface area (Å²) in [7, 11) is 1.47. The minimum atomic E-state index is -1.29. The molecule has 10 heteroatoms. The lowest BCUT2D eigenvalue weighted by atomic mass is 10.1. The summed E-state index contributed by atoms with van der Waals surface area (Å²) in [6.45, 7) is -0.446. The van der Waals surface area contributed by atoms with Crippen LogP contribution in [0.3, 0.4) is 0 Å². The van der Waals surface area contributed by atoms with Crippen LogP contribution >= 0.6 is 0 Å². The molecule has 2 aromatic rings. The van der Waals surface area contributed by atoms with E-state index >= 15 is 0 Å². The number of nitrogens with zero attached hydrogens (tertiary/aromatic N) is 4. The summed E-state index contributed by atoms with van der Waals surface area (Å²) >= 11 is 0. The number of fused-ring (bicyclic) bond motifs is 1. The van der Waals surface area contributed by atoms with Crippen molar-refractivity contribution in [2.24, 2.45) is 7.05 Å². The first-order valence-electron chi connectivity index (χ1n) is 6.27. The van der Waals surface area contributed by atoms with Gasteiger partial charge in [0.25, 0.3) is 5.56 Å². The number of hydrogen-bond donors (Lipinski definition) is 4. The minimum Gasteiger partial charge on any atom is -0.394 e. The van der Waals surface area contributed by atoms with Gasteiger partial charge in [-0.3, -0.25) is 13.9 Å². The minimum absolute atomic E-state index is 0.0130. The number of nitrogens with two attached hydrogens (primary N) is 1. The molecule has 5 N–H and O–H groups in total. The van der Waals surface area contributed by atoms with Gasteiger partial charge >= 0.3 is 0 Å². The molecule has 0 aromatic carbocycles. The maximum atomic E-state index is 12.0. The lowest BCUT2D eigenvalue weighted by molar-refractivity contribution is -0.0511. The molecule has 2 aromatic heterocycles. The van der Waals surface area contributed by atoms with Gasteiger partial charge in [-0.2, -0.15) is 4.98 Å². The van der Waals surface area contributed by atoms with E-state index in [1.165, 1.54) is 17.9 Å². The number of aliphatic hydroxyl groups is 3. The van der Waals surface area contributed by atoms with Crippen LogP contribution in [0, 0.1) is 0 Å². The lowest BCUT2D eigenvalue weighted by Crippen LogP contribution is -2.33. The van der Waals surface area contributed by atoms with Crippen LogP contribution in [-0.4, -0.2) is 59.3 Å². The van der Waals surface area contributed by atoms with Crippen LogP contribution in [0.4, 0.5) is 5.95 Å². The van der Waals surface area contributed by atoms with Crippen LogP contribution in [0.15, 0.2) is 11.1 Å². The Balaban J connectivity index is 2.12. The number of nitrogen functional groups attached to an aromatic ring is 1. The quantitative estimate of drug-likeness (QED) is 0.468. The zero-order valence-electron chi connectivity index (χ0n) is 11.1. The van der Waals surface area contributed by atoms with Gasteiger partial charge in [0.2, 0.25) is 5.95 Å². The Bertz CT molecular complexity index is 740. The van der Waals surface area contributed by atoms with Gasteiger partial charge in [0, 0.05) is 7.05 Å². The molecule has 0 unspecified atom stereocenters. The Morgan fingerprint density at radius 1 is 1.43 bits per heavy atom. The fraction of sp³-hybridized carbons (Fsp3) is 0.545. The lowest BCUT2D eigenvalue weighted by Gasteiger charge is -2.16. The molecular formula is C11H15N5O5. The molecule has 0 saturated carbocycles. The standard InChI is InChI=1S/C11H15N5O5/c1-15-9(20)5-8(14-11(15)12)16(3-13-5)10-7(19)6(18)4(2-17)21-10/h3-4,6-7,10,17-19H,2H2,1H3,(H2,12,14)/t4-,6+,7-,10-/m1/s1. The Kier molecular flexibility index (Phi) is 3.17. The van der Waals surface area contributed by atoms with Gasteiger partial charge in [0.05, 0.1) is 12.9 Å². The Hall–Kier alpha value is -2.01. The number of ether oxygens (including phenoxy) is 1. The largest absolute Gasteiger partial charge is 0.394 e.